The molecule has 0 N–H and O–H groups in total. The Labute approximate surface area is 197 Å². The van der Waals surface area contributed by atoms with Crippen LogP contribution in [0.5, 0.6) is 0 Å². The molecule has 1 atom stereocenters. The Balaban J connectivity index is 1.76. The smallest absolute Gasteiger partial charge is 0.282 e. The van der Waals surface area contributed by atoms with Gasteiger partial charge in [-0.05, 0) is 61.4 Å². The van der Waals surface area contributed by atoms with E-state index in [9.17, 15) is 4.79 Å². The molecule has 7 heteroatoms. The average Bonchev–Trinajstić information content (AvgIpc) is 3.21. The minimum atomic E-state index is -0.203. The van der Waals surface area contributed by atoms with Gasteiger partial charge < -0.3 is 4.42 Å². The Bertz CT molecular complexity index is 1350. The first kappa shape index (κ1) is 21.7. The number of rotatable bonds is 5. The van der Waals surface area contributed by atoms with Crippen molar-refractivity contribution in [2.45, 2.75) is 33.1 Å². The van der Waals surface area contributed by atoms with Gasteiger partial charge in [0, 0.05) is 20.4 Å². The molecule has 2 aromatic carbocycles. The standard InChI is InChI=1S/C24H21Br2N3O2/c1-4-15(3)23-28-21-9-6-16(25)12-19(21)24(30)29(23)27-13-17-7-10-22(31-17)18-8-5-14(2)11-20(18)26/h5-13,15H,4H2,1-3H3/t15-/m0/s1. The molecule has 0 aliphatic carbocycles. The van der Waals surface area contributed by atoms with Crippen LogP contribution in [0.25, 0.3) is 22.2 Å². The van der Waals surface area contributed by atoms with E-state index in [1.165, 1.54) is 4.68 Å². The maximum Gasteiger partial charge on any atom is 0.282 e. The molecule has 0 bridgehead atoms. The largest absolute Gasteiger partial charge is 0.455 e. The second kappa shape index (κ2) is 8.93. The van der Waals surface area contributed by atoms with E-state index in [1.807, 2.05) is 56.3 Å². The lowest BCUT2D eigenvalue weighted by Gasteiger charge is -2.13. The van der Waals surface area contributed by atoms with Crippen LogP contribution in [0.4, 0.5) is 0 Å². The van der Waals surface area contributed by atoms with E-state index in [-0.39, 0.29) is 11.5 Å². The summed E-state index contributed by atoms with van der Waals surface area (Å²) in [7, 11) is 0. The topological polar surface area (TPSA) is 60.4 Å². The van der Waals surface area contributed by atoms with Crippen LogP contribution in [-0.4, -0.2) is 15.9 Å². The second-order valence-corrected chi connectivity index (χ2v) is 9.26. The summed E-state index contributed by atoms with van der Waals surface area (Å²) < 4.78 is 9.13. The summed E-state index contributed by atoms with van der Waals surface area (Å²) >= 11 is 7.02. The highest BCUT2D eigenvalue weighted by molar-refractivity contribution is 9.10. The van der Waals surface area contributed by atoms with Gasteiger partial charge in [0.25, 0.3) is 5.56 Å². The Morgan fingerprint density at radius 1 is 1.16 bits per heavy atom. The van der Waals surface area contributed by atoms with Crippen LogP contribution in [0.1, 0.15) is 43.3 Å². The molecule has 2 heterocycles. The maximum absolute atomic E-state index is 13.2. The van der Waals surface area contributed by atoms with Crippen molar-refractivity contribution in [2.75, 3.05) is 0 Å². The number of benzene rings is 2. The lowest BCUT2D eigenvalue weighted by atomic mass is 10.1. The fourth-order valence-electron chi connectivity index (χ4n) is 3.28. The molecule has 0 saturated heterocycles. The molecule has 4 rings (SSSR count). The lowest BCUT2D eigenvalue weighted by molar-refractivity contribution is 0.571. The van der Waals surface area contributed by atoms with E-state index < -0.39 is 0 Å². The fourth-order valence-corrected chi connectivity index (χ4v) is 4.33. The molecule has 0 spiro atoms. The minimum absolute atomic E-state index is 0.0774. The van der Waals surface area contributed by atoms with Gasteiger partial charge in [0.2, 0.25) is 0 Å². The summed E-state index contributed by atoms with van der Waals surface area (Å²) in [6.07, 6.45) is 2.40. The summed E-state index contributed by atoms with van der Waals surface area (Å²) in [6.45, 7) is 6.14. The molecule has 0 aliphatic heterocycles. The average molecular weight is 543 g/mol. The van der Waals surface area contributed by atoms with E-state index in [0.29, 0.717) is 22.5 Å². The zero-order valence-electron chi connectivity index (χ0n) is 17.4. The van der Waals surface area contributed by atoms with Gasteiger partial charge in [-0.25, -0.2) is 4.98 Å². The van der Waals surface area contributed by atoms with Crippen LogP contribution >= 0.6 is 31.9 Å². The predicted molar refractivity (Wildman–Crippen MR) is 132 cm³/mol. The van der Waals surface area contributed by atoms with E-state index in [1.54, 1.807) is 12.3 Å². The molecule has 5 nitrogen and oxygen atoms in total. The van der Waals surface area contributed by atoms with E-state index in [0.717, 1.165) is 32.3 Å². The van der Waals surface area contributed by atoms with Crippen molar-refractivity contribution in [3.8, 4) is 11.3 Å². The number of hydrogen-bond donors (Lipinski definition) is 0. The molecule has 0 saturated carbocycles. The van der Waals surface area contributed by atoms with Gasteiger partial charge in [-0.2, -0.15) is 9.78 Å². The normalized spacial score (nSPS) is 12.7. The van der Waals surface area contributed by atoms with Crippen LogP contribution in [0.15, 0.2) is 71.8 Å². The second-order valence-electron chi connectivity index (χ2n) is 7.49. The molecule has 2 aromatic heterocycles. The molecular formula is C24H21Br2N3O2. The molecule has 0 radical (unpaired) electrons. The van der Waals surface area contributed by atoms with Crippen molar-refractivity contribution in [1.82, 2.24) is 9.66 Å². The van der Waals surface area contributed by atoms with Crippen molar-refractivity contribution in [3.63, 3.8) is 0 Å². The van der Waals surface area contributed by atoms with Crippen molar-refractivity contribution >= 4 is 49.0 Å². The Morgan fingerprint density at radius 2 is 1.97 bits per heavy atom. The Hall–Kier alpha value is -2.51. The highest BCUT2D eigenvalue weighted by Crippen LogP contribution is 2.30. The van der Waals surface area contributed by atoms with Gasteiger partial charge in [-0.3, -0.25) is 4.79 Å². The van der Waals surface area contributed by atoms with E-state index in [2.05, 4.69) is 43.9 Å². The van der Waals surface area contributed by atoms with Crippen molar-refractivity contribution in [1.29, 1.82) is 0 Å². The molecule has 0 aliphatic rings. The molecule has 4 aromatic rings. The van der Waals surface area contributed by atoms with Crippen LogP contribution in [0.2, 0.25) is 0 Å². The maximum atomic E-state index is 13.2. The molecule has 0 amide bonds. The van der Waals surface area contributed by atoms with Gasteiger partial charge in [-0.1, -0.05) is 51.8 Å². The van der Waals surface area contributed by atoms with Crippen molar-refractivity contribution in [3.05, 3.63) is 85.0 Å². The number of hydrogen-bond acceptors (Lipinski definition) is 4. The molecule has 0 fully saturated rings. The third-order valence-corrected chi connectivity index (χ3v) is 6.35. The predicted octanol–water partition coefficient (Wildman–Crippen LogP) is 6.89. The zero-order valence-corrected chi connectivity index (χ0v) is 20.6. The molecule has 0 unspecified atom stereocenters. The number of furan rings is 1. The quantitative estimate of drug-likeness (QED) is 0.258. The Kier molecular flexibility index (Phi) is 6.25. The van der Waals surface area contributed by atoms with Gasteiger partial charge in [-0.15, -0.1) is 0 Å². The van der Waals surface area contributed by atoms with Crippen molar-refractivity contribution in [2.24, 2.45) is 5.10 Å². The lowest BCUT2D eigenvalue weighted by Crippen LogP contribution is -2.23. The Morgan fingerprint density at radius 3 is 2.71 bits per heavy atom. The monoisotopic (exact) mass is 541 g/mol. The number of nitrogens with zero attached hydrogens (tertiary/aromatic N) is 3. The summed E-state index contributed by atoms with van der Waals surface area (Å²) in [6, 6.07) is 15.3. The molecule has 158 valence electrons. The minimum Gasteiger partial charge on any atom is -0.455 e. The van der Waals surface area contributed by atoms with Crippen LogP contribution < -0.4 is 5.56 Å². The van der Waals surface area contributed by atoms with Gasteiger partial charge in [0.05, 0.1) is 17.1 Å². The van der Waals surface area contributed by atoms with E-state index in [4.69, 9.17) is 9.40 Å². The highest BCUT2D eigenvalue weighted by atomic mass is 79.9. The van der Waals surface area contributed by atoms with Crippen LogP contribution in [-0.2, 0) is 0 Å². The number of fused-ring (bicyclic) bond motifs is 1. The first-order valence-electron chi connectivity index (χ1n) is 10.00. The number of aromatic nitrogens is 2. The van der Waals surface area contributed by atoms with E-state index >= 15 is 0 Å². The van der Waals surface area contributed by atoms with Crippen molar-refractivity contribution < 1.29 is 4.42 Å². The molecule has 31 heavy (non-hydrogen) atoms. The fraction of sp³-hybridized carbons (Fsp3) is 0.208. The summed E-state index contributed by atoms with van der Waals surface area (Å²) in [5.41, 5.74) is 2.58. The van der Waals surface area contributed by atoms with Gasteiger partial charge in [0.1, 0.15) is 17.3 Å². The summed E-state index contributed by atoms with van der Waals surface area (Å²) in [4.78, 5) is 17.9. The van der Waals surface area contributed by atoms with Gasteiger partial charge in [0.15, 0.2) is 0 Å². The first-order chi connectivity index (χ1) is 14.9. The number of aryl methyl sites for hydroxylation is 1. The first-order valence-corrected chi connectivity index (χ1v) is 11.6. The summed E-state index contributed by atoms with van der Waals surface area (Å²) in [5.74, 6) is 1.99. The summed E-state index contributed by atoms with van der Waals surface area (Å²) in [5, 5.41) is 4.98. The third kappa shape index (κ3) is 4.43. The number of halogens is 2. The third-order valence-electron chi connectivity index (χ3n) is 5.20. The van der Waals surface area contributed by atoms with Crippen LogP contribution in [0.3, 0.4) is 0 Å². The van der Waals surface area contributed by atoms with Crippen LogP contribution in [0, 0.1) is 6.92 Å². The zero-order chi connectivity index (χ0) is 22.1. The SMILES string of the molecule is CC[C@H](C)c1nc2ccc(Br)cc2c(=O)n1N=Cc1ccc(-c2ccc(C)cc2Br)o1. The van der Waals surface area contributed by atoms with Gasteiger partial charge >= 0.3 is 0 Å². The highest BCUT2D eigenvalue weighted by Gasteiger charge is 2.16. The molecular weight excluding hydrogens is 522 g/mol.